The van der Waals surface area contributed by atoms with E-state index in [0.29, 0.717) is 47.8 Å². The highest BCUT2D eigenvalue weighted by Gasteiger charge is 2.15. The van der Waals surface area contributed by atoms with Gasteiger partial charge in [0.25, 0.3) is 0 Å². The van der Waals surface area contributed by atoms with E-state index < -0.39 is 10.4 Å². The van der Waals surface area contributed by atoms with Gasteiger partial charge in [-0.1, -0.05) is 34.8 Å². The van der Waals surface area contributed by atoms with Crippen LogP contribution in [0.15, 0.2) is 105 Å². The third-order valence-electron chi connectivity index (χ3n) is 7.94. The van der Waals surface area contributed by atoms with E-state index in [4.69, 9.17) is 8.37 Å². The van der Waals surface area contributed by atoms with Gasteiger partial charge in [0.1, 0.15) is 0 Å². The fourth-order valence-corrected chi connectivity index (χ4v) is 7.65. The molecule has 0 bridgehead atoms. The summed E-state index contributed by atoms with van der Waals surface area (Å²) in [6, 6.07) is 27.3. The number of aromatic nitrogens is 2. The Hall–Kier alpha value is -4.67. The molecule has 0 unspecified atom stereocenters. The number of hydrogen-bond acceptors (Lipinski definition) is 14. The summed E-state index contributed by atoms with van der Waals surface area (Å²) in [6.07, 6.45) is 0. The van der Waals surface area contributed by atoms with Gasteiger partial charge >= 0.3 is 10.4 Å². The highest BCUT2D eigenvalue weighted by atomic mass is 32.3. The van der Waals surface area contributed by atoms with Crippen molar-refractivity contribution in [2.24, 2.45) is 20.5 Å². The topological polar surface area (TPSA) is 134 Å². The van der Waals surface area contributed by atoms with Gasteiger partial charge in [0.2, 0.25) is 10.3 Å². The molecule has 6 rings (SSSR count). The Morgan fingerprint density at radius 1 is 0.608 bits per heavy atom. The summed E-state index contributed by atoms with van der Waals surface area (Å²) in [5.41, 5.74) is 7.37. The van der Waals surface area contributed by atoms with Crippen molar-refractivity contribution in [1.82, 2.24) is 9.97 Å². The molecule has 51 heavy (non-hydrogen) atoms. The number of benzene rings is 4. The first-order valence-electron chi connectivity index (χ1n) is 16.5. The first kappa shape index (κ1) is 36.1. The molecule has 0 fully saturated rings. The number of anilines is 2. The highest BCUT2D eigenvalue weighted by molar-refractivity contribution is 7.81. The lowest BCUT2D eigenvalue weighted by Gasteiger charge is -2.23. The van der Waals surface area contributed by atoms with Crippen molar-refractivity contribution in [2.45, 2.75) is 27.7 Å². The number of likely N-dealkylation sites (N-methyl/N-ethyl adjacent to an activating group) is 2. The third kappa shape index (κ3) is 9.77. The van der Waals surface area contributed by atoms with Gasteiger partial charge in [0.15, 0.2) is 0 Å². The van der Waals surface area contributed by atoms with E-state index in [1.54, 1.807) is 0 Å². The zero-order valence-electron chi connectivity index (χ0n) is 28.8. The van der Waals surface area contributed by atoms with Crippen molar-refractivity contribution in [1.29, 1.82) is 0 Å². The number of hydrogen-bond donors (Lipinski definition) is 0. The largest absolute Gasteiger partial charge is 0.399 e. The van der Waals surface area contributed by atoms with Gasteiger partial charge in [-0.15, -0.1) is 20.5 Å². The van der Waals surface area contributed by atoms with E-state index >= 15 is 0 Å². The number of nitrogens with zero attached hydrogens (tertiary/aromatic N) is 8. The fraction of sp³-hybridized carbons (Fsp3) is 0.278. The normalized spacial score (nSPS) is 12.2. The molecule has 0 N–H and O–H groups in total. The van der Waals surface area contributed by atoms with Crippen LogP contribution in [0, 0.1) is 13.8 Å². The molecular weight excluding hydrogens is 705 g/mol. The van der Waals surface area contributed by atoms with Crippen LogP contribution < -0.4 is 9.80 Å². The molecular formula is C36H38N8O4S3. The van der Waals surface area contributed by atoms with E-state index in [0.717, 1.165) is 31.8 Å². The zero-order valence-corrected chi connectivity index (χ0v) is 31.2. The first-order valence-corrected chi connectivity index (χ1v) is 19.5. The predicted octanol–water partition coefficient (Wildman–Crippen LogP) is 9.98. The van der Waals surface area contributed by atoms with Crippen LogP contribution >= 0.6 is 22.7 Å². The maximum absolute atomic E-state index is 12.5. The minimum atomic E-state index is -4.18. The van der Waals surface area contributed by atoms with Gasteiger partial charge in [-0.3, -0.25) is 0 Å². The van der Waals surface area contributed by atoms with Crippen LogP contribution in [-0.4, -0.2) is 57.8 Å². The van der Waals surface area contributed by atoms with Crippen molar-refractivity contribution >= 4 is 86.5 Å². The van der Waals surface area contributed by atoms with E-state index in [1.165, 1.54) is 33.8 Å². The Balaban J connectivity index is 0.942. The molecule has 0 amide bonds. The van der Waals surface area contributed by atoms with Crippen molar-refractivity contribution in [3.63, 3.8) is 0 Å². The molecule has 0 atom stereocenters. The van der Waals surface area contributed by atoms with E-state index in [1.807, 2.05) is 110 Å². The number of fused-ring (bicyclic) bond motifs is 2. The minimum Gasteiger partial charge on any atom is -0.369 e. The fourth-order valence-electron chi connectivity index (χ4n) is 5.26. The number of thiazole rings is 2. The summed E-state index contributed by atoms with van der Waals surface area (Å²) in [6.45, 7) is 9.99. The summed E-state index contributed by atoms with van der Waals surface area (Å²) in [5.74, 6) is 0. The molecule has 2 aromatic heterocycles. The van der Waals surface area contributed by atoms with Gasteiger partial charge in [-0.25, -0.2) is 18.3 Å². The monoisotopic (exact) mass is 742 g/mol. The minimum absolute atomic E-state index is 0.0567. The number of aryl methyl sites for hydroxylation is 2. The van der Waals surface area contributed by atoms with Crippen molar-refractivity contribution in [2.75, 3.05) is 49.2 Å². The highest BCUT2D eigenvalue weighted by Crippen LogP contribution is 2.32. The molecule has 2 heterocycles. The van der Waals surface area contributed by atoms with Crippen molar-refractivity contribution in [3.05, 3.63) is 96.1 Å². The Bertz CT molecular complexity index is 2100. The van der Waals surface area contributed by atoms with Crippen LogP contribution in [0.25, 0.3) is 20.4 Å². The molecule has 0 radical (unpaired) electrons. The van der Waals surface area contributed by atoms with Crippen LogP contribution in [0.2, 0.25) is 0 Å². The van der Waals surface area contributed by atoms with Gasteiger partial charge in [-0.2, -0.15) is 8.42 Å². The van der Waals surface area contributed by atoms with Crippen LogP contribution in [0.5, 0.6) is 0 Å². The lowest BCUT2D eigenvalue weighted by molar-refractivity contribution is 0.221. The Labute approximate surface area is 305 Å². The van der Waals surface area contributed by atoms with Gasteiger partial charge in [0, 0.05) is 37.6 Å². The summed E-state index contributed by atoms with van der Waals surface area (Å²) < 4.78 is 37.6. The lowest BCUT2D eigenvalue weighted by Crippen LogP contribution is -2.30. The van der Waals surface area contributed by atoms with E-state index in [-0.39, 0.29) is 13.2 Å². The molecule has 264 valence electrons. The Morgan fingerprint density at radius 3 is 1.41 bits per heavy atom. The Kier molecular flexibility index (Phi) is 11.7. The summed E-state index contributed by atoms with van der Waals surface area (Å²) >= 11 is 3.00. The van der Waals surface area contributed by atoms with Crippen molar-refractivity contribution in [3.8, 4) is 0 Å². The molecule has 0 saturated heterocycles. The maximum atomic E-state index is 12.5. The average Bonchev–Trinajstić information content (AvgIpc) is 3.73. The smallest absolute Gasteiger partial charge is 0.369 e. The summed E-state index contributed by atoms with van der Waals surface area (Å²) in [4.78, 5) is 13.0. The molecule has 0 spiro atoms. The number of azo groups is 2. The predicted molar refractivity (Wildman–Crippen MR) is 207 cm³/mol. The molecule has 6 aromatic rings. The Morgan fingerprint density at radius 2 is 1.02 bits per heavy atom. The van der Waals surface area contributed by atoms with Crippen LogP contribution in [-0.2, 0) is 18.8 Å². The maximum Gasteiger partial charge on any atom is 0.399 e. The summed E-state index contributed by atoms with van der Waals surface area (Å²) in [7, 11) is -4.18. The quantitative estimate of drug-likeness (QED) is 0.0895. The first-order chi connectivity index (χ1) is 24.7. The average molecular weight is 743 g/mol. The zero-order chi connectivity index (χ0) is 35.8. The second-order valence-electron chi connectivity index (χ2n) is 11.6. The standard InChI is InChI=1S/C36H38N8O4S3/c1-5-43(29-13-9-27(10-14-29)39-41-35-37-31-17-7-25(3)23-33(31)49-35)19-21-47-51(45,46)48-22-20-44(6-2)30-15-11-28(12-16-30)40-42-36-38-32-18-8-26(4)24-34(32)50-36/h7-18,23-24H,5-6,19-22H2,1-4H3. The summed E-state index contributed by atoms with van der Waals surface area (Å²) in [5, 5.41) is 18.5. The molecule has 0 saturated carbocycles. The van der Waals surface area contributed by atoms with Crippen LogP contribution in [0.4, 0.5) is 33.0 Å². The van der Waals surface area contributed by atoms with Gasteiger partial charge in [0.05, 0.1) is 45.0 Å². The molecule has 0 aliphatic rings. The van der Waals surface area contributed by atoms with E-state index in [2.05, 4.69) is 42.6 Å². The van der Waals surface area contributed by atoms with Crippen LogP contribution in [0.1, 0.15) is 25.0 Å². The van der Waals surface area contributed by atoms with E-state index in [9.17, 15) is 8.42 Å². The lowest BCUT2D eigenvalue weighted by atomic mass is 10.2. The molecule has 4 aromatic carbocycles. The molecule has 15 heteroatoms. The van der Waals surface area contributed by atoms with Gasteiger partial charge < -0.3 is 9.80 Å². The second kappa shape index (κ2) is 16.6. The van der Waals surface area contributed by atoms with Crippen LogP contribution in [0.3, 0.4) is 0 Å². The number of rotatable bonds is 16. The molecule has 12 nitrogen and oxygen atoms in total. The second-order valence-corrected chi connectivity index (χ2v) is 14.9. The molecule has 0 aliphatic heterocycles. The van der Waals surface area contributed by atoms with Crippen molar-refractivity contribution < 1.29 is 16.8 Å². The third-order valence-corrected chi connectivity index (χ3v) is 10.7. The molecule has 0 aliphatic carbocycles. The SMILES string of the molecule is CCN(CCOS(=O)(=O)OCCN(CC)c1ccc(N=Nc2nc3ccc(C)cc3s2)cc1)c1ccc(N=Nc2nc3ccc(C)cc3s2)cc1. The van der Waals surface area contributed by atoms with Gasteiger partial charge in [-0.05, 0) is 112 Å².